The first-order valence-electron chi connectivity index (χ1n) is 5.03. The third kappa shape index (κ3) is 4.09. The van der Waals surface area contributed by atoms with Crippen LogP contribution < -0.4 is 5.32 Å². The number of nitrogens with one attached hydrogen (secondary N) is 1. The fraction of sp³-hybridized carbons (Fsp3) is 0.545. The summed E-state index contributed by atoms with van der Waals surface area (Å²) >= 11 is 3.60. The van der Waals surface area contributed by atoms with E-state index in [4.69, 9.17) is 0 Å². The Kier molecular flexibility index (Phi) is 4.94. The summed E-state index contributed by atoms with van der Waals surface area (Å²) in [6.45, 7) is 5.23. The van der Waals surface area contributed by atoms with Gasteiger partial charge in [0.15, 0.2) is 0 Å². The average Bonchev–Trinajstić information content (AvgIpc) is 2.17. The molecule has 1 unspecified atom stereocenters. The number of halogens is 1. The third-order valence-electron chi connectivity index (χ3n) is 2.12. The molecule has 0 aliphatic rings. The molecule has 1 aromatic rings. The largest absolute Gasteiger partial charge is 0.370 e. The SMILES string of the molecule is CCC(Br)CCNc1cc(C)ccn1. The molecule has 0 saturated carbocycles. The zero-order valence-electron chi connectivity index (χ0n) is 8.76. The van der Waals surface area contributed by atoms with E-state index < -0.39 is 0 Å². The molecular formula is C11H17BrN2. The van der Waals surface area contributed by atoms with Gasteiger partial charge in [0.2, 0.25) is 0 Å². The van der Waals surface area contributed by atoms with Gasteiger partial charge in [-0.25, -0.2) is 4.98 Å². The molecule has 0 saturated heterocycles. The fourth-order valence-electron chi connectivity index (χ4n) is 1.19. The van der Waals surface area contributed by atoms with E-state index in [1.165, 1.54) is 12.0 Å². The number of pyridine rings is 1. The van der Waals surface area contributed by atoms with E-state index in [9.17, 15) is 0 Å². The topological polar surface area (TPSA) is 24.9 Å². The van der Waals surface area contributed by atoms with Crippen LogP contribution in [-0.2, 0) is 0 Å². The molecule has 1 heterocycles. The van der Waals surface area contributed by atoms with E-state index in [0.29, 0.717) is 4.83 Å². The van der Waals surface area contributed by atoms with Crippen LogP contribution in [0.5, 0.6) is 0 Å². The van der Waals surface area contributed by atoms with Crippen LogP contribution in [0.1, 0.15) is 25.3 Å². The molecule has 14 heavy (non-hydrogen) atoms. The minimum Gasteiger partial charge on any atom is -0.370 e. The van der Waals surface area contributed by atoms with Crippen LogP contribution in [-0.4, -0.2) is 16.4 Å². The summed E-state index contributed by atoms with van der Waals surface area (Å²) in [7, 11) is 0. The minimum absolute atomic E-state index is 0.611. The predicted molar refractivity (Wildman–Crippen MR) is 65.1 cm³/mol. The van der Waals surface area contributed by atoms with Crippen LogP contribution in [0.25, 0.3) is 0 Å². The Labute approximate surface area is 94.3 Å². The standard InChI is InChI=1S/C11H17BrN2/c1-3-10(12)5-7-14-11-8-9(2)4-6-13-11/h4,6,8,10H,3,5,7H2,1-2H3,(H,13,14). The number of hydrogen-bond donors (Lipinski definition) is 1. The van der Waals surface area contributed by atoms with Crippen molar-refractivity contribution < 1.29 is 0 Å². The Hall–Kier alpha value is -0.570. The molecule has 1 aromatic heterocycles. The molecule has 0 radical (unpaired) electrons. The summed E-state index contributed by atoms with van der Waals surface area (Å²) in [5.41, 5.74) is 1.24. The lowest BCUT2D eigenvalue weighted by atomic mass is 10.2. The molecular weight excluding hydrogens is 240 g/mol. The van der Waals surface area contributed by atoms with Crippen LogP contribution in [0.4, 0.5) is 5.82 Å². The van der Waals surface area contributed by atoms with Crippen LogP contribution in [0.3, 0.4) is 0 Å². The van der Waals surface area contributed by atoms with E-state index in [-0.39, 0.29) is 0 Å². The van der Waals surface area contributed by atoms with Gasteiger partial charge >= 0.3 is 0 Å². The molecule has 0 aromatic carbocycles. The van der Waals surface area contributed by atoms with Crippen LogP contribution in [0, 0.1) is 6.92 Å². The quantitative estimate of drug-likeness (QED) is 0.818. The van der Waals surface area contributed by atoms with Crippen molar-refractivity contribution in [3.63, 3.8) is 0 Å². The highest BCUT2D eigenvalue weighted by atomic mass is 79.9. The van der Waals surface area contributed by atoms with E-state index in [1.54, 1.807) is 0 Å². The highest BCUT2D eigenvalue weighted by molar-refractivity contribution is 9.09. The molecule has 0 aliphatic heterocycles. The van der Waals surface area contributed by atoms with Gasteiger partial charge < -0.3 is 5.32 Å². The minimum atomic E-state index is 0.611. The molecule has 0 fully saturated rings. The average molecular weight is 257 g/mol. The summed E-state index contributed by atoms with van der Waals surface area (Å²) in [5.74, 6) is 0.973. The van der Waals surface area contributed by atoms with Crippen molar-refractivity contribution in [3.8, 4) is 0 Å². The first kappa shape index (κ1) is 11.5. The smallest absolute Gasteiger partial charge is 0.126 e. The van der Waals surface area contributed by atoms with Crippen molar-refractivity contribution in [2.45, 2.75) is 31.5 Å². The first-order chi connectivity index (χ1) is 6.72. The molecule has 1 atom stereocenters. The monoisotopic (exact) mass is 256 g/mol. The number of rotatable bonds is 5. The number of nitrogens with zero attached hydrogens (tertiary/aromatic N) is 1. The maximum Gasteiger partial charge on any atom is 0.126 e. The maximum absolute atomic E-state index is 4.24. The van der Waals surface area contributed by atoms with E-state index >= 15 is 0 Å². The number of aryl methyl sites for hydroxylation is 1. The van der Waals surface area contributed by atoms with E-state index in [1.807, 2.05) is 12.3 Å². The van der Waals surface area contributed by atoms with Gasteiger partial charge in [0, 0.05) is 17.6 Å². The summed E-state index contributed by atoms with van der Waals surface area (Å²) < 4.78 is 0. The Morgan fingerprint density at radius 3 is 3.00 bits per heavy atom. The van der Waals surface area contributed by atoms with Gasteiger partial charge in [-0.1, -0.05) is 22.9 Å². The van der Waals surface area contributed by atoms with Crippen molar-refractivity contribution in [1.82, 2.24) is 4.98 Å². The molecule has 78 valence electrons. The zero-order chi connectivity index (χ0) is 10.4. The lowest BCUT2D eigenvalue weighted by Gasteiger charge is -2.08. The van der Waals surface area contributed by atoms with Crippen molar-refractivity contribution in [3.05, 3.63) is 23.9 Å². The Morgan fingerprint density at radius 1 is 1.57 bits per heavy atom. The summed E-state index contributed by atoms with van der Waals surface area (Å²) in [6.07, 6.45) is 4.14. The van der Waals surface area contributed by atoms with Crippen molar-refractivity contribution in [2.24, 2.45) is 0 Å². The number of anilines is 1. The number of hydrogen-bond acceptors (Lipinski definition) is 2. The zero-order valence-corrected chi connectivity index (χ0v) is 10.3. The predicted octanol–water partition coefficient (Wildman–Crippen LogP) is 3.37. The molecule has 2 nitrogen and oxygen atoms in total. The lowest BCUT2D eigenvalue weighted by molar-refractivity contribution is 0.773. The van der Waals surface area contributed by atoms with Gasteiger partial charge in [-0.2, -0.15) is 0 Å². The second-order valence-corrected chi connectivity index (χ2v) is 4.73. The second-order valence-electron chi connectivity index (χ2n) is 3.44. The van der Waals surface area contributed by atoms with Gasteiger partial charge in [0.1, 0.15) is 5.82 Å². The fourth-order valence-corrected chi connectivity index (χ4v) is 1.42. The lowest BCUT2D eigenvalue weighted by Crippen LogP contribution is -2.08. The van der Waals surface area contributed by atoms with Gasteiger partial charge in [-0.15, -0.1) is 0 Å². The molecule has 0 bridgehead atoms. The normalized spacial score (nSPS) is 12.5. The number of aromatic nitrogens is 1. The summed E-state index contributed by atoms with van der Waals surface area (Å²) in [6, 6.07) is 4.07. The number of alkyl halides is 1. The van der Waals surface area contributed by atoms with Gasteiger partial charge in [0.05, 0.1) is 0 Å². The van der Waals surface area contributed by atoms with E-state index in [2.05, 4.69) is 46.1 Å². The highest BCUT2D eigenvalue weighted by Crippen LogP contribution is 2.10. The van der Waals surface area contributed by atoms with Crippen LogP contribution in [0.15, 0.2) is 18.3 Å². The van der Waals surface area contributed by atoms with E-state index in [0.717, 1.165) is 18.8 Å². The summed E-state index contributed by atoms with van der Waals surface area (Å²) in [5, 5.41) is 3.31. The molecule has 1 rings (SSSR count). The maximum atomic E-state index is 4.24. The van der Waals surface area contributed by atoms with Crippen molar-refractivity contribution >= 4 is 21.7 Å². The van der Waals surface area contributed by atoms with Crippen molar-refractivity contribution in [1.29, 1.82) is 0 Å². The molecule has 0 aliphatic carbocycles. The Bertz CT molecular complexity index is 276. The summed E-state index contributed by atoms with van der Waals surface area (Å²) in [4.78, 5) is 4.85. The van der Waals surface area contributed by atoms with Gasteiger partial charge in [0.25, 0.3) is 0 Å². The Balaban J connectivity index is 2.31. The van der Waals surface area contributed by atoms with Crippen LogP contribution >= 0.6 is 15.9 Å². The molecule has 1 N–H and O–H groups in total. The van der Waals surface area contributed by atoms with Crippen LogP contribution in [0.2, 0.25) is 0 Å². The molecule has 3 heteroatoms. The molecule has 0 spiro atoms. The highest BCUT2D eigenvalue weighted by Gasteiger charge is 2.00. The first-order valence-corrected chi connectivity index (χ1v) is 5.94. The Morgan fingerprint density at radius 2 is 2.36 bits per heavy atom. The van der Waals surface area contributed by atoms with Gasteiger partial charge in [-0.05, 0) is 37.5 Å². The van der Waals surface area contributed by atoms with Gasteiger partial charge in [-0.3, -0.25) is 0 Å². The van der Waals surface area contributed by atoms with Crippen molar-refractivity contribution in [2.75, 3.05) is 11.9 Å². The third-order valence-corrected chi connectivity index (χ3v) is 3.23. The molecule has 0 amide bonds. The second kappa shape index (κ2) is 6.02.